The van der Waals surface area contributed by atoms with Gasteiger partial charge in [-0.25, -0.2) is 22.4 Å². The Morgan fingerprint density at radius 2 is 1.76 bits per heavy atom. The highest BCUT2D eigenvalue weighted by Gasteiger charge is 2.61. The van der Waals surface area contributed by atoms with Gasteiger partial charge in [-0.3, -0.25) is 24.0 Å². The minimum absolute atomic E-state index is 0.0113. The molecule has 2 saturated carbocycles. The van der Waals surface area contributed by atoms with Crippen LogP contribution in [0.3, 0.4) is 0 Å². The zero-order chi connectivity index (χ0) is 37.6. The SMILES string of the molecule is CC(C)(C)OC(N)=O.O=C(O)N1Cc2cccc(F)c2C1.O=C1N[C@@]2(C(=O)NS(=O)(=O)C3CC3)CC2/C=C\CCCCCCC(=O)N2CCCC12. The number of nitrogens with two attached hydrogens (primary N) is 1. The zero-order valence-electron chi connectivity index (χ0n) is 29.5. The lowest BCUT2D eigenvalue weighted by molar-refractivity contribution is -0.139. The zero-order valence-corrected chi connectivity index (χ0v) is 30.3. The summed E-state index contributed by atoms with van der Waals surface area (Å²) in [5.41, 5.74) is 4.29. The number of sulfonamides is 1. The molecule has 2 unspecified atom stereocenters. The number of amides is 5. The van der Waals surface area contributed by atoms with Gasteiger partial charge in [0.2, 0.25) is 21.8 Å². The van der Waals surface area contributed by atoms with Gasteiger partial charge in [0.1, 0.15) is 23.0 Å². The molecule has 0 radical (unpaired) electrons. The summed E-state index contributed by atoms with van der Waals surface area (Å²) in [6.07, 6.45) is 10.2. The summed E-state index contributed by atoms with van der Waals surface area (Å²) < 4.78 is 44.5. The second-order valence-electron chi connectivity index (χ2n) is 14.6. The minimum atomic E-state index is -3.70. The number of halogens is 1. The molecule has 3 heterocycles. The first-order valence-corrected chi connectivity index (χ1v) is 19.0. The third-order valence-electron chi connectivity index (χ3n) is 9.32. The van der Waals surface area contributed by atoms with Crippen molar-refractivity contribution < 1.29 is 46.6 Å². The molecule has 1 aromatic carbocycles. The van der Waals surface area contributed by atoms with Gasteiger partial charge in [-0.05, 0) is 83.8 Å². The molecule has 16 heteroatoms. The van der Waals surface area contributed by atoms with Gasteiger partial charge in [-0.1, -0.05) is 37.1 Å². The summed E-state index contributed by atoms with van der Waals surface area (Å²) in [5.74, 6) is -1.57. The average Bonchev–Trinajstić information content (AvgIpc) is 3.89. The number of hydrogen-bond donors (Lipinski definition) is 4. The van der Waals surface area contributed by atoms with Crippen LogP contribution in [0.2, 0.25) is 0 Å². The van der Waals surface area contributed by atoms with Gasteiger partial charge >= 0.3 is 12.2 Å². The first-order valence-electron chi connectivity index (χ1n) is 17.5. The van der Waals surface area contributed by atoms with E-state index in [2.05, 4.69) is 14.8 Å². The van der Waals surface area contributed by atoms with E-state index in [1.165, 1.54) is 11.0 Å². The van der Waals surface area contributed by atoms with Crippen LogP contribution in [-0.4, -0.2) is 82.2 Å². The second-order valence-corrected chi connectivity index (χ2v) is 16.6. The van der Waals surface area contributed by atoms with Crippen molar-refractivity contribution in [2.75, 3.05) is 6.54 Å². The van der Waals surface area contributed by atoms with Crippen LogP contribution in [0.4, 0.5) is 14.0 Å². The van der Waals surface area contributed by atoms with Crippen molar-refractivity contribution in [2.45, 2.75) is 127 Å². The number of fused-ring (bicyclic) bond motifs is 3. The Kier molecular flexibility index (Phi) is 12.7. The fraction of sp³-hybridized carbons (Fsp3) is 0.629. The summed E-state index contributed by atoms with van der Waals surface area (Å²) >= 11 is 0. The summed E-state index contributed by atoms with van der Waals surface area (Å²) in [7, 11) is -3.70. The lowest BCUT2D eigenvalue weighted by Gasteiger charge is -2.27. The number of nitrogens with zero attached hydrogens (tertiary/aromatic N) is 2. The predicted octanol–water partition coefficient (Wildman–Crippen LogP) is 4.07. The molecule has 0 spiro atoms. The average molecular weight is 736 g/mol. The molecule has 6 rings (SSSR count). The van der Waals surface area contributed by atoms with Crippen molar-refractivity contribution in [1.29, 1.82) is 0 Å². The molecule has 0 aromatic heterocycles. The number of rotatable bonds is 3. The number of ether oxygens (including phenoxy) is 1. The third-order valence-corrected chi connectivity index (χ3v) is 11.1. The molecular formula is C35H50FN5O9S. The number of carboxylic acid groups (broad SMARTS) is 1. The van der Waals surface area contributed by atoms with E-state index >= 15 is 0 Å². The van der Waals surface area contributed by atoms with Crippen molar-refractivity contribution in [3.8, 4) is 0 Å². The maximum atomic E-state index is 13.1. The van der Waals surface area contributed by atoms with Gasteiger partial charge < -0.3 is 25.8 Å². The Hall–Kier alpha value is -4.21. The molecule has 5 aliphatic rings. The van der Waals surface area contributed by atoms with Crippen LogP contribution in [0.15, 0.2) is 30.4 Å². The van der Waals surface area contributed by atoms with E-state index in [4.69, 9.17) is 10.8 Å². The van der Waals surface area contributed by atoms with E-state index in [-0.39, 0.29) is 30.1 Å². The number of carbonyl (C=O) groups excluding carboxylic acids is 4. The van der Waals surface area contributed by atoms with E-state index in [0.29, 0.717) is 50.8 Å². The number of nitrogens with one attached hydrogen (secondary N) is 2. The molecule has 3 fully saturated rings. The van der Waals surface area contributed by atoms with Gasteiger partial charge in [0.05, 0.1) is 11.8 Å². The van der Waals surface area contributed by atoms with Crippen molar-refractivity contribution in [1.82, 2.24) is 19.8 Å². The molecule has 51 heavy (non-hydrogen) atoms. The Bertz CT molecular complexity index is 1630. The molecule has 1 aromatic rings. The lowest BCUT2D eigenvalue weighted by Crippen LogP contribution is -2.56. The van der Waals surface area contributed by atoms with E-state index in [9.17, 15) is 36.8 Å². The number of allylic oxidation sites excluding steroid dienone is 1. The number of carbonyl (C=O) groups is 5. The maximum Gasteiger partial charge on any atom is 0.407 e. The summed E-state index contributed by atoms with van der Waals surface area (Å²) in [5, 5.41) is 11.0. The molecule has 0 bridgehead atoms. The molecule has 1 saturated heterocycles. The first-order chi connectivity index (χ1) is 23.9. The molecule has 5 N–H and O–H groups in total. The molecule has 282 valence electrons. The quantitative estimate of drug-likeness (QED) is 0.330. The number of benzene rings is 1. The minimum Gasteiger partial charge on any atom is -0.465 e. The van der Waals surface area contributed by atoms with Gasteiger partial charge in [0.15, 0.2) is 0 Å². The van der Waals surface area contributed by atoms with Crippen LogP contribution in [0, 0.1) is 11.7 Å². The van der Waals surface area contributed by atoms with Crippen LogP contribution in [0.5, 0.6) is 0 Å². The van der Waals surface area contributed by atoms with Crippen molar-refractivity contribution in [2.24, 2.45) is 11.7 Å². The van der Waals surface area contributed by atoms with Crippen molar-refractivity contribution >= 4 is 39.9 Å². The highest BCUT2D eigenvalue weighted by atomic mass is 32.2. The molecule has 5 amide bonds. The van der Waals surface area contributed by atoms with Crippen LogP contribution in [0.25, 0.3) is 0 Å². The Balaban J connectivity index is 0.000000227. The second kappa shape index (κ2) is 16.4. The lowest BCUT2D eigenvalue weighted by atomic mass is 10.1. The maximum absolute atomic E-state index is 13.1. The smallest absolute Gasteiger partial charge is 0.407 e. The predicted molar refractivity (Wildman–Crippen MR) is 185 cm³/mol. The summed E-state index contributed by atoms with van der Waals surface area (Å²) in [6.45, 7) is 6.29. The first kappa shape index (κ1) is 39.6. The highest BCUT2D eigenvalue weighted by molar-refractivity contribution is 7.91. The normalized spacial score (nSPS) is 25.4. The van der Waals surface area contributed by atoms with Gasteiger partial charge in [0, 0.05) is 31.0 Å². The fourth-order valence-corrected chi connectivity index (χ4v) is 7.78. The van der Waals surface area contributed by atoms with Crippen LogP contribution >= 0.6 is 0 Å². The Morgan fingerprint density at radius 3 is 2.37 bits per heavy atom. The molecule has 2 aliphatic carbocycles. The summed E-state index contributed by atoms with van der Waals surface area (Å²) in [4.78, 5) is 62.1. The summed E-state index contributed by atoms with van der Waals surface area (Å²) in [6, 6.07) is 4.11. The molecule has 3 aliphatic heterocycles. The van der Waals surface area contributed by atoms with Gasteiger partial charge in [-0.2, -0.15) is 0 Å². The van der Waals surface area contributed by atoms with Crippen LogP contribution in [-0.2, 0) is 42.2 Å². The van der Waals surface area contributed by atoms with E-state index < -0.39 is 50.5 Å². The topological polar surface area (TPSA) is 206 Å². The molecular weight excluding hydrogens is 685 g/mol. The largest absolute Gasteiger partial charge is 0.465 e. The van der Waals surface area contributed by atoms with Gasteiger partial charge in [0.25, 0.3) is 5.91 Å². The highest BCUT2D eigenvalue weighted by Crippen LogP contribution is 2.46. The van der Waals surface area contributed by atoms with Crippen molar-refractivity contribution in [3.63, 3.8) is 0 Å². The van der Waals surface area contributed by atoms with E-state index in [1.807, 2.05) is 12.2 Å². The molecule has 14 nitrogen and oxygen atoms in total. The fourth-order valence-electron chi connectivity index (χ4n) is 6.42. The number of primary amides is 1. The van der Waals surface area contributed by atoms with Gasteiger partial charge in [-0.15, -0.1) is 0 Å². The van der Waals surface area contributed by atoms with E-state index in [0.717, 1.165) is 44.1 Å². The van der Waals surface area contributed by atoms with Crippen molar-refractivity contribution in [3.05, 3.63) is 47.3 Å². The number of hydrogen-bond acceptors (Lipinski definition) is 8. The Labute approximate surface area is 298 Å². The van der Waals surface area contributed by atoms with E-state index in [1.54, 1.807) is 37.8 Å². The molecule has 3 atom stereocenters. The standard InChI is InChI=1S/C21H31N3O5S.C9H8FNO2.C5H11NO2/c25-18-10-6-4-2-1-3-5-8-15-14-21(15,20(27)23-30(28,29)16-11-12-16)22-19(26)17-9-7-13-24(17)18;10-8-3-1-2-6-4-11(9(12)13)5-7(6)8;1-5(2,3)8-4(6)7/h5,8,15-17H,1-4,6-7,9-14H2,(H,22,26)(H,23,27);1-3H,4-5H2,(H,12,13);1-3H3,(H2,6,7)/b8-5-;;/t15?,17?,21-;;/m0../s1. The van der Waals surface area contributed by atoms with Crippen LogP contribution in [0.1, 0.15) is 103 Å². The van der Waals surface area contributed by atoms with Crippen LogP contribution < -0.4 is 15.8 Å². The third kappa shape index (κ3) is 10.9. The monoisotopic (exact) mass is 735 g/mol. The Morgan fingerprint density at radius 1 is 1.06 bits per heavy atom.